The molecule has 31 heavy (non-hydrogen) atoms. The molecule has 4 rings (SSSR count). The first-order chi connectivity index (χ1) is 14.6. The summed E-state index contributed by atoms with van der Waals surface area (Å²) in [6.45, 7) is 1.56. The minimum Gasteiger partial charge on any atom is -0.475 e. The van der Waals surface area contributed by atoms with Crippen molar-refractivity contribution in [3.05, 3.63) is 71.1 Å². The molecule has 0 aliphatic carbocycles. The van der Waals surface area contributed by atoms with Crippen molar-refractivity contribution < 1.29 is 27.5 Å². The molecule has 11 heteroatoms. The molecule has 4 aromatic rings. The number of carboxylic acid groups (broad SMARTS) is 1. The first-order valence-corrected chi connectivity index (χ1v) is 8.89. The van der Waals surface area contributed by atoms with Gasteiger partial charge in [-0.1, -0.05) is 12.1 Å². The number of rotatable bonds is 4. The lowest BCUT2D eigenvalue weighted by molar-refractivity contribution is -0.137. The largest absolute Gasteiger partial charge is 0.475 e. The lowest BCUT2D eigenvalue weighted by Crippen LogP contribution is -2.08. The van der Waals surface area contributed by atoms with Crippen LogP contribution in [0.2, 0.25) is 0 Å². The van der Waals surface area contributed by atoms with E-state index in [1.165, 1.54) is 35.2 Å². The van der Waals surface area contributed by atoms with Gasteiger partial charge in [-0.15, -0.1) is 0 Å². The van der Waals surface area contributed by atoms with Crippen LogP contribution in [0.3, 0.4) is 0 Å². The van der Waals surface area contributed by atoms with Gasteiger partial charge in [0.1, 0.15) is 11.2 Å². The summed E-state index contributed by atoms with van der Waals surface area (Å²) < 4.78 is 54.8. The van der Waals surface area contributed by atoms with Gasteiger partial charge in [0.25, 0.3) is 0 Å². The van der Waals surface area contributed by atoms with Crippen LogP contribution in [0.5, 0.6) is 0 Å². The summed E-state index contributed by atoms with van der Waals surface area (Å²) >= 11 is 0. The number of imidazole rings is 1. The zero-order valence-corrected chi connectivity index (χ0v) is 15.9. The van der Waals surface area contributed by atoms with E-state index >= 15 is 0 Å². The number of aromatic carboxylic acids is 1. The highest BCUT2D eigenvalue weighted by Crippen LogP contribution is 2.30. The standard InChI is InChI=1S/C20H13F4N5O2/c1-10-6-7-25-15(14(10)21)18-28-16-13(8-26-17(27-16)19(30)31)29(18)9-11-2-4-12(5-3-11)20(22,23)24/h2-8H,9H2,1H3,(H,30,31). The molecule has 0 saturated carbocycles. The maximum Gasteiger partial charge on any atom is 0.416 e. The van der Waals surface area contributed by atoms with Gasteiger partial charge in [-0.05, 0) is 36.2 Å². The quantitative estimate of drug-likeness (QED) is 0.489. The fourth-order valence-corrected chi connectivity index (χ4v) is 3.04. The Bertz CT molecular complexity index is 1300. The number of nitrogens with zero attached hydrogens (tertiary/aromatic N) is 5. The number of hydrogen-bond acceptors (Lipinski definition) is 5. The minimum absolute atomic E-state index is 0.00276. The van der Waals surface area contributed by atoms with Crippen molar-refractivity contribution in [2.75, 3.05) is 0 Å². The molecule has 1 aromatic carbocycles. The molecular formula is C20H13F4N5O2. The van der Waals surface area contributed by atoms with Gasteiger partial charge in [-0.3, -0.25) is 0 Å². The molecule has 0 radical (unpaired) electrons. The van der Waals surface area contributed by atoms with Gasteiger partial charge in [-0.25, -0.2) is 29.1 Å². The molecular weight excluding hydrogens is 418 g/mol. The highest BCUT2D eigenvalue weighted by atomic mass is 19.4. The van der Waals surface area contributed by atoms with E-state index in [1.807, 2.05) is 0 Å². The van der Waals surface area contributed by atoms with Crippen LogP contribution in [0.15, 0.2) is 42.7 Å². The lowest BCUT2D eigenvalue weighted by Gasteiger charge is -2.11. The van der Waals surface area contributed by atoms with Crippen molar-refractivity contribution in [3.8, 4) is 11.5 Å². The van der Waals surface area contributed by atoms with Gasteiger partial charge >= 0.3 is 12.1 Å². The zero-order valence-electron chi connectivity index (χ0n) is 15.9. The lowest BCUT2D eigenvalue weighted by atomic mass is 10.1. The van der Waals surface area contributed by atoms with E-state index in [1.54, 1.807) is 6.92 Å². The molecule has 1 N–H and O–H groups in total. The van der Waals surface area contributed by atoms with Crippen molar-refractivity contribution in [3.63, 3.8) is 0 Å². The third kappa shape index (κ3) is 3.81. The number of alkyl halides is 3. The van der Waals surface area contributed by atoms with E-state index < -0.39 is 29.4 Å². The van der Waals surface area contributed by atoms with Crippen LogP contribution in [0.4, 0.5) is 17.6 Å². The second kappa shape index (κ2) is 7.42. The molecule has 3 heterocycles. The van der Waals surface area contributed by atoms with Crippen molar-refractivity contribution in [1.29, 1.82) is 0 Å². The average Bonchev–Trinajstić information content (AvgIpc) is 3.07. The van der Waals surface area contributed by atoms with Crippen LogP contribution in [0.1, 0.15) is 27.3 Å². The second-order valence-electron chi connectivity index (χ2n) is 6.71. The number of pyridine rings is 1. The summed E-state index contributed by atoms with van der Waals surface area (Å²) in [6.07, 6.45) is -1.86. The summed E-state index contributed by atoms with van der Waals surface area (Å²) in [6, 6.07) is 5.96. The van der Waals surface area contributed by atoms with Crippen LogP contribution >= 0.6 is 0 Å². The van der Waals surface area contributed by atoms with Crippen LogP contribution in [0.25, 0.3) is 22.7 Å². The smallest absolute Gasteiger partial charge is 0.416 e. The van der Waals surface area contributed by atoms with E-state index in [2.05, 4.69) is 19.9 Å². The third-order valence-electron chi connectivity index (χ3n) is 4.62. The molecule has 0 aliphatic rings. The van der Waals surface area contributed by atoms with Crippen molar-refractivity contribution in [2.45, 2.75) is 19.6 Å². The predicted molar refractivity (Wildman–Crippen MR) is 101 cm³/mol. The number of carboxylic acids is 1. The average molecular weight is 431 g/mol. The van der Waals surface area contributed by atoms with Gasteiger partial charge in [-0.2, -0.15) is 13.2 Å². The number of carbonyl (C=O) groups is 1. The summed E-state index contributed by atoms with van der Waals surface area (Å²) in [4.78, 5) is 27.1. The van der Waals surface area contributed by atoms with Gasteiger partial charge < -0.3 is 9.67 Å². The van der Waals surface area contributed by atoms with Crippen LogP contribution in [-0.2, 0) is 12.7 Å². The molecule has 0 bridgehead atoms. The van der Waals surface area contributed by atoms with Gasteiger partial charge in [0.2, 0.25) is 5.82 Å². The topological polar surface area (TPSA) is 93.8 Å². The first-order valence-electron chi connectivity index (χ1n) is 8.89. The summed E-state index contributed by atoms with van der Waals surface area (Å²) in [7, 11) is 0. The fraction of sp³-hybridized carbons (Fsp3) is 0.150. The number of benzene rings is 1. The molecule has 0 saturated heterocycles. The highest BCUT2D eigenvalue weighted by molar-refractivity contribution is 5.86. The molecule has 0 aliphatic heterocycles. The number of hydrogen-bond donors (Lipinski definition) is 1. The maximum absolute atomic E-state index is 14.8. The molecule has 3 aromatic heterocycles. The molecule has 0 atom stereocenters. The number of fused-ring (bicyclic) bond motifs is 1. The van der Waals surface area contributed by atoms with Gasteiger partial charge in [0.15, 0.2) is 17.3 Å². The molecule has 0 fully saturated rings. The Morgan fingerprint density at radius 3 is 2.45 bits per heavy atom. The summed E-state index contributed by atoms with van der Waals surface area (Å²) in [5.74, 6) is -2.43. The Labute approximate surface area is 172 Å². The molecule has 0 amide bonds. The summed E-state index contributed by atoms with van der Waals surface area (Å²) in [5.41, 5.74) is 0.175. The fourth-order valence-electron chi connectivity index (χ4n) is 3.04. The third-order valence-corrected chi connectivity index (χ3v) is 4.62. The maximum atomic E-state index is 14.8. The Balaban J connectivity index is 1.87. The normalized spacial score (nSPS) is 11.8. The highest BCUT2D eigenvalue weighted by Gasteiger charge is 2.30. The number of halogens is 4. The van der Waals surface area contributed by atoms with E-state index in [0.29, 0.717) is 11.1 Å². The van der Waals surface area contributed by atoms with Crippen LogP contribution in [0, 0.1) is 12.7 Å². The zero-order chi connectivity index (χ0) is 22.3. The Morgan fingerprint density at radius 2 is 1.81 bits per heavy atom. The molecule has 158 valence electrons. The first kappa shape index (κ1) is 20.4. The summed E-state index contributed by atoms with van der Waals surface area (Å²) in [5, 5.41) is 9.12. The predicted octanol–water partition coefficient (Wildman–Crippen LogP) is 4.10. The molecule has 7 nitrogen and oxygen atoms in total. The van der Waals surface area contributed by atoms with Gasteiger partial charge in [0, 0.05) is 12.7 Å². The second-order valence-corrected chi connectivity index (χ2v) is 6.71. The van der Waals surface area contributed by atoms with Crippen molar-refractivity contribution >= 4 is 17.1 Å². The number of aromatic nitrogens is 5. The molecule has 0 spiro atoms. The van der Waals surface area contributed by atoms with Crippen molar-refractivity contribution in [1.82, 2.24) is 24.5 Å². The monoisotopic (exact) mass is 431 g/mol. The van der Waals surface area contributed by atoms with Crippen LogP contribution < -0.4 is 0 Å². The minimum atomic E-state index is -4.47. The Kier molecular flexibility index (Phi) is 4.88. The van der Waals surface area contributed by atoms with E-state index in [0.717, 1.165) is 12.1 Å². The van der Waals surface area contributed by atoms with E-state index in [-0.39, 0.29) is 29.2 Å². The SMILES string of the molecule is Cc1ccnc(-c2nc3nc(C(=O)O)ncc3n2Cc2ccc(C(F)(F)F)cc2)c1F. The Hall–Kier alpha value is -3.89. The number of aryl methyl sites for hydroxylation is 1. The van der Waals surface area contributed by atoms with Crippen LogP contribution in [-0.4, -0.2) is 35.6 Å². The Morgan fingerprint density at radius 1 is 1.10 bits per heavy atom. The van der Waals surface area contributed by atoms with E-state index in [4.69, 9.17) is 5.11 Å². The van der Waals surface area contributed by atoms with Crippen molar-refractivity contribution in [2.24, 2.45) is 0 Å². The molecule has 0 unspecified atom stereocenters. The van der Waals surface area contributed by atoms with E-state index in [9.17, 15) is 22.4 Å². The van der Waals surface area contributed by atoms with Gasteiger partial charge in [0.05, 0.1) is 11.8 Å².